The molecule has 0 saturated heterocycles. The van der Waals surface area contributed by atoms with Crippen LogP contribution in [0.15, 0.2) is 11.4 Å². The molecule has 1 aromatic heterocycles. The van der Waals surface area contributed by atoms with E-state index in [1.54, 1.807) is 11.3 Å². The summed E-state index contributed by atoms with van der Waals surface area (Å²) in [6.07, 6.45) is 9.56. The number of aryl methyl sites for hydroxylation is 1. The first-order valence-corrected chi connectivity index (χ1v) is 13.5. The number of hydrogen-bond acceptors (Lipinski definition) is 1. The summed E-state index contributed by atoms with van der Waals surface area (Å²) in [5, 5.41) is 5.40. The van der Waals surface area contributed by atoms with Crippen molar-refractivity contribution in [3.05, 3.63) is 22.4 Å². The fraction of sp³-hybridized carbons (Fsp3) is 0.667. The topological polar surface area (TPSA) is 0 Å². The zero-order chi connectivity index (χ0) is 11.4. The van der Waals surface area contributed by atoms with Crippen molar-refractivity contribution in [3.8, 4) is 0 Å². The summed E-state index contributed by atoms with van der Waals surface area (Å²) < 4.78 is 0. The molecule has 0 N–H and O–H groups in total. The first-order valence-electron chi connectivity index (χ1n) is 5.64. The van der Waals surface area contributed by atoms with Crippen LogP contribution in [0.25, 0.3) is 0 Å². The molecule has 0 aliphatic carbocycles. The van der Waals surface area contributed by atoms with Crippen molar-refractivity contribution < 1.29 is 16.3 Å². The van der Waals surface area contributed by atoms with Gasteiger partial charge in [0.1, 0.15) is 0 Å². The molecule has 0 bridgehead atoms. The third-order valence-corrected chi connectivity index (χ3v) is 2.98. The molecule has 0 unspecified atom stereocenters. The first kappa shape index (κ1) is 15.8. The summed E-state index contributed by atoms with van der Waals surface area (Å²) in [6, 6.07) is 2.19. The molecule has 1 heterocycles. The van der Waals surface area contributed by atoms with Gasteiger partial charge in [0.25, 0.3) is 0 Å². The molecule has 15 heavy (non-hydrogen) atoms. The van der Waals surface area contributed by atoms with Crippen molar-refractivity contribution >= 4 is 25.0 Å². The Bertz CT molecular complexity index is 199. The van der Waals surface area contributed by atoms with Gasteiger partial charge < -0.3 is 11.3 Å². The van der Waals surface area contributed by atoms with Crippen molar-refractivity contribution in [1.82, 2.24) is 0 Å². The minimum absolute atomic E-state index is 1.19. The van der Waals surface area contributed by atoms with Crippen molar-refractivity contribution in [2.24, 2.45) is 0 Å². The van der Waals surface area contributed by atoms with E-state index in [9.17, 15) is 0 Å². The van der Waals surface area contributed by atoms with E-state index in [4.69, 9.17) is 0 Å². The molecule has 82 valence electrons. The van der Waals surface area contributed by atoms with Gasteiger partial charge in [0.15, 0.2) is 0 Å². The molecule has 0 aliphatic heterocycles. The van der Waals surface area contributed by atoms with Crippen LogP contribution in [-0.2, 0) is 22.8 Å². The van der Waals surface area contributed by atoms with Gasteiger partial charge in [-0.3, -0.25) is 0 Å². The van der Waals surface area contributed by atoms with E-state index in [1.165, 1.54) is 66.9 Å². The summed E-state index contributed by atoms with van der Waals surface area (Å²) in [7, 11) is 0. The molecule has 0 saturated carbocycles. The first-order chi connectivity index (χ1) is 7.43. The Morgan fingerprint density at radius 3 is 2.47 bits per heavy atom. The Labute approximate surface area is 115 Å². The van der Waals surface area contributed by atoms with Crippen LogP contribution in [0.1, 0.15) is 51.0 Å². The Morgan fingerprint density at radius 2 is 1.87 bits per heavy atom. The molecule has 0 fully saturated rings. The third-order valence-electron chi connectivity index (χ3n) is 2.33. The zero-order valence-corrected chi connectivity index (χ0v) is 15.0. The maximum absolute atomic E-state index is 3.28. The van der Waals surface area contributed by atoms with Gasteiger partial charge in [0.05, 0.1) is 0 Å². The molecule has 0 amide bonds. The van der Waals surface area contributed by atoms with Gasteiger partial charge in [0, 0.05) is 0 Å². The van der Waals surface area contributed by atoms with Crippen LogP contribution >= 0.6 is 25.0 Å². The molecule has 0 radical (unpaired) electrons. The minimum atomic E-state index is 1.19. The Kier molecular flexibility index (Phi) is 13.6. The fourth-order valence-corrected chi connectivity index (χ4v) is 2.11. The summed E-state index contributed by atoms with van der Waals surface area (Å²) in [6.45, 7) is 2.26. The summed E-state index contributed by atoms with van der Waals surface area (Å²) >= 11 is 5.94. The van der Waals surface area contributed by atoms with Gasteiger partial charge in [-0.15, -0.1) is 5.38 Å². The maximum atomic E-state index is 3.28. The number of rotatable bonds is 7. The van der Waals surface area contributed by atoms with Gasteiger partial charge in [0.2, 0.25) is 0 Å². The Balaban J connectivity index is 0.000000921. The summed E-state index contributed by atoms with van der Waals surface area (Å²) in [4.78, 5) is 0. The summed E-state index contributed by atoms with van der Waals surface area (Å²) in [5.74, 6) is 0. The SMILES string of the molecule is CCCCCCCCc1[c-]scc1.[Zn+][Br]. The average molecular weight is 341 g/mol. The van der Waals surface area contributed by atoms with Gasteiger partial charge in [-0.05, 0) is 0 Å². The van der Waals surface area contributed by atoms with Crippen LogP contribution in [0.4, 0.5) is 0 Å². The normalized spacial score (nSPS) is 9.60. The zero-order valence-electron chi connectivity index (χ0n) is 9.60. The quantitative estimate of drug-likeness (QED) is 0.359. The van der Waals surface area contributed by atoms with Crippen molar-refractivity contribution in [2.45, 2.75) is 51.9 Å². The molecule has 3 heteroatoms. The molecular formula is C12H19BrSZn. The van der Waals surface area contributed by atoms with Gasteiger partial charge in [-0.1, -0.05) is 51.9 Å². The van der Waals surface area contributed by atoms with Crippen molar-refractivity contribution in [1.29, 1.82) is 0 Å². The molecule has 0 nitrogen and oxygen atoms in total. The predicted octanol–water partition coefficient (Wildman–Crippen LogP) is 5.29. The molecule has 1 aromatic rings. The number of hydrogen-bond donors (Lipinski definition) is 0. The number of halogens is 1. The molecule has 0 aliphatic rings. The van der Waals surface area contributed by atoms with E-state index in [-0.39, 0.29) is 0 Å². The van der Waals surface area contributed by atoms with Crippen molar-refractivity contribution in [2.75, 3.05) is 0 Å². The summed E-state index contributed by atoms with van der Waals surface area (Å²) in [5.41, 5.74) is 1.40. The van der Waals surface area contributed by atoms with Crippen LogP contribution in [0.2, 0.25) is 0 Å². The Hall–Kier alpha value is 0.803. The molecule has 0 atom stereocenters. The van der Waals surface area contributed by atoms with Gasteiger partial charge >= 0.3 is 30.0 Å². The third kappa shape index (κ3) is 9.72. The van der Waals surface area contributed by atoms with Gasteiger partial charge in [-0.2, -0.15) is 10.9 Å². The Morgan fingerprint density at radius 1 is 1.20 bits per heavy atom. The standard InChI is InChI=1S/C12H19S.BrH.Zn/c1-2-3-4-5-6-7-8-12-9-10-13-11-12;;/h9-10H,2-8H2,1H3;1H;/q-1;;+2/p-1. The number of thiophene rings is 1. The van der Waals surface area contributed by atoms with Crippen molar-refractivity contribution in [3.63, 3.8) is 0 Å². The van der Waals surface area contributed by atoms with Gasteiger partial charge in [-0.25, -0.2) is 6.07 Å². The van der Waals surface area contributed by atoms with Crippen LogP contribution in [0.3, 0.4) is 0 Å². The average Bonchev–Trinajstić information content (AvgIpc) is 2.79. The van der Waals surface area contributed by atoms with E-state index in [0.717, 1.165) is 0 Å². The van der Waals surface area contributed by atoms with E-state index >= 15 is 0 Å². The van der Waals surface area contributed by atoms with E-state index in [0.29, 0.717) is 0 Å². The van der Waals surface area contributed by atoms with Crippen LogP contribution in [0, 0.1) is 5.38 Å². The molecule has 1 rings (SSSR count). The molecular weight excluding hydrogens is 321 g/mol. The second-order valence-corrected chi connectivity index (χ2v) is 4.28. The second-order valence-electron chi connectivity index (χ2n) is 3.57. The van der Waals surface area contributed by atoms with E-state index in [2.05, 4.69) is 37.4 Å². The monoisotopic (exact) mass is 338 g/mol. The van der Waals surface area contributed by atoms with Crippen LogP contribution < -0.4 is 0 Å². The van der Waals surface area contributed by atoms with Crippen LogP contribution in [0.5, 0.6) is 0 Å². The van der Waals surface area contributed by atoms with E-state index < -0.39 is 0 Å². The second kappa shape index (κ2) is 12.9. The van der Waals surface area contributed by atoms with Crippen LogP contribution in [-0.4, -0.2) is 0 Å². The van der Waals surface area contributed by atoms with E-state index in [1.807, 2.05) is 0 Å². The molecule has 0 aromatic carbocycles. The molecule has 0 spiro atoms. The predicted molar refractivity (Wildman–Crippen MR) is 69.2 cm³/mol. The number of unbranched alkanes of at least 4 members (excludes halogenated alkanes) is 5. The fourth-order valence-electron chi connectivity index (χ4n) is 1.49.